The van der Waals surface area contributed by atoms with Crippen molar-refractivity contribution >= 4 is 17.4 Å². The van der Waals surface area contributed by atoms with Crippen LogP contribution in [0, 0.1) is 6.92 Å². The lowest BCUT2D eigenvalue weighted by atomic mass is 10.0. The smallest absolute Gasteiger partial charge is 0.178 e. The molecule has 0 saturated carbocycles. The molecular formula is C10H12ClNO3. The van der Waals surface area contributed by atoms with E-state index >= 15 is 0 Å². The van der Waals surface area contributed by atoms with Gasteiger partial charge in [0.1, 0.15) is 0 Å². The zero-order valence-electron chi connectivity index (χ0n) is 8.47. The van der Waals surface area contributed by atoms with E-state index in [4.69, 9.17) is 11.6 Å². The van der Waals surface area contributed by atoms with E-state index in [1.807, 2.05) is 0 Å². The average Bonchev–Trinajstić information content (AvgIpc) is 2.15. The first kappa shape index (κ1) is 11.8. The number of carbonyl (C=O) groups is 1. The van der Waals surface area contributed by atoms with Crippen molar-refractivity contribution in [2.45, 2.75) is 6.92 Å². The summed E-state index contributed by atoms with van der Waals surface area (Å²) in [5.74, 6) is -1.00. The van der Waals surface area contributed by atoms with Gasteiger partial charge >= 0.3 is 0 Å². The van der Waals surface area contributed by atoms with Gasteiger partial charge in [0.2, 0.25) is 0 Å². The molecule has 1 aromatic rings. The standard InChI is InChI=1S/C10H12ClNO3/c1-5-3-6(13)10(15)9(11)8(5)7(14)4-12-2/h3,12-13,15H,4H2,1-2H3. The molecule has 0 unspecified atom stereocenters. The maximum absolute atomic E-state index is 11.6. The largest absolute Gasteiger partial charge is 0.504 e. The number of Topliss-reactive ketones (excluding diaryl/α,β-unsaturated/α-hetero) is 1. The first-order chi connectivity index (χ1) is 6.99. The third kappa shape index (κ3) is 2.22. The first-order valence-electron chi connectivity index (χ1n) is 4.37. The van der Waals surface area contributed by atoms with E-state index < -0.39 is 5.75 Å². The van der Waals surface area contributed by atoms with Crippen molar-refractivity contribution in [2.24, 2.45) is 0 Å². The van der Waals surface area contributed by atoms with E-state index in [0.29, 0.717) is 5.56 Å². The van der Waals surface area contributed by atoms with Crippen molar-refractivity contribution in [2.75, 3.05) is 13.6 Å². The van der Waals surface area contributed by atoms with Crippen molar-refractivity contribution in [1.29, 1.82) is 0 Å². The lowest BCUT2D eigenvalue weighted by molar-refractivity contribution is 0.0993. The number of halogens is 1. The van der Waals surface area contributed by atoms with Crippen LogP contribution in [0.25, 0.3) is 0 Å². The quantitative estimate of drug-likeness (QED) is 0.542. The summed E-state index contributed by atoms with van der Waals surface area (Å²) in [4.78, 5) is 11.6. The minimum atomic E-state index is -0.457. The number of likely N-dealkylation sites (N-methyl/N-ethyl adjacent to an activating group) is 1. The van der Waals surface area contributed by atoms with Crippen molar-refractivity contribution in [3.8, 4) is 11.5 Å². The third-order valence-electron chi connectivity index (χ3n) is 2.03. The molecule has 0 amide bonds. The first-order valence-corrected chi connectivity index (χ1v) is 4.75. The van der Waals surface area contributed by atoms with Crippen molar-refractivity contribution in [3.63, 3.8) is 0 Å². The number of aromatic hydroxyl groups is 2. The molecule has 1 rings (SSSR count). The number of hydrogen-bond acceptors (Lipinski definition) is 4. The molecule has 0 aliphatic heterocycles. The molecule has 3 N–H and O–H groups in total. The van der Waals surface area contributed by atoms with E-state index in [1.165, 1.54) is 6.07 Å². The predicted octanol–water partition coefficient (Wildman–Crippen LogP) is 1.46. The van der Waals surface area contributed by atoms with Crippen LogP contribution >= 0.6 is 11.6 Å². The molecule has 1 aromatic carbocycles. The summed E-state index contributed by atoms with van der Waals surface area (Å²) in [6.45, 7) is 1.78. The molecule has 0 spiro atoms. The lowest BCUT2D eigenvalue weighted by Crippen LogP contribution is -2.19. The highest BCUT2D eigenvalue weighted by Crippen LogP contribution is 2.37. The molecule has 0 atom stereocenters. The highest BCUT2D eigenvalue weighted by Gasteiger charge is 2.18. The number of aryl methyl sites for hydroxylation is 1. The third-order valence-corrected chi connectivity index (χ3v) is 2.40. The summed E-state index contributed by atoms with van der Waals surface area (Å²) < 4.78 is 0. The second-order valence-corrected chi connectivity index (χ2v) is 3.58. The fraction of sp³-hybridized carbons (Fsp3) is 0.300. The summed E-state index contributed by atoms with van der Waals surface area (Å²) in [7, 11) is 1.64. The molecule has 4 nitrogen and oxygen atoms in total. The molecular weight excluding hydrogens is 218 g/mol. The van der Waals surface area contributed by atoms with E-state index in [0.717, 1.165) is 0 Å². The zero-order chi connectivity index (χ0) is 11.6. The van der Waals surface area contributed by atoms with Crippen LogP contribution in [0.4, 0.5) is 0 Å². The minimum absolute atomic E-state index is 0.104. The van der Waals surface area contributed by atoms with Gasteiger partial charge in [-0.05, 0) is 25.6 Å². The Balaban J connectivity index is 3.29. The molecule has 5 heteroatoms. The number of benzene rings is 1. The van der Waals surface area contributed by atoms with E-state index in [2.05, 4.69) is 5.32 Å². The van der Waals surface area contributed by atoms with Gasteiger partial charge in [-0.15, -0.1) is 0 Å². The summed E-state index contributed by atoms with van der Waals surface area (Å²) >= 11 is 5.78. The number of phenols is 2. The monoisotopic (exact) mass is 229 g/mol. The average molecular weight is 230 g/mol. The van der Waals surface area contributed by atoms with Gasteiger partial charge < -0.3 is 15.5 Å². The summed E-state index contributed by atoms with van der Waals surface area (Å²) in [5.41, 5.74) is 0.775. The van der Waals surface area contributed by atoms with Gasteiger partial charge in [-0.1, -0.05) is 11.6 Å². The Morgan fingerprint density at radius 1 is 1.53 bits per heavy atom. The van der Waals surface area contributed by atoms with Crippen LogP contribution in [0.2, 0.25) is 5.02 Å². The summed E-state index contributed by atoms with van der Waals surface area (Å²) in [6.07, 6.45) is 0. The van der Waals surface area contributed by atoms with Gasteiger partial charge in [0.25, 0.3) is 0 Å². The molecule has 82 valence electrons. The van der Waals surface area contributed by atoms with Crippen molar-refractivity contribution < 1.29 is 15.0 Å². The minimum Gasteiger partial charge on any atom is -0.504 e. The lowest BCUT2D eigenvalue weighted by Gasteiger charge is -2.09. The molecule has 0 aliphatic rings. The SMILES string of the molecule is CNCC(=O)c1c(C)cc(O)c(O)c1Cl. The predicted molar refractivity (Wildman–Crippen MR) is 57.8 cm³/mol. The van der Waals surface area contributed by atoms with Crippen LogP contribution < -0.4 is 5.32 Å². The highest BCUT2D eigenvalue weighted by atomic mass is 35.5. The van der Waals surface area contributed by atoms with Gasteiger partial charge in [-0.3, -0.25) is 4.79 Å². The molecule has 0 radical (unpaired) electrons. The fourth-order valence-corrected chi connectivity index (χ4v) is 1.69. The van der Waals surface area contributed by atoms with Gasteiger partial charge in [0, 0.05) is 5.56 Å². The Kier molecular flexibility index (Phi) is 3.55. The van der Waals surface area contributed by atoms with E-state index in [-0.39, 0.29) is 28.7 Å². The van der Waals surface area contributed by atoms with Gasteiger partial charge in [-0.2, -0.15) is 0 Å². The Hall–Kier alpha value is -1.26. The number of nitrogens with one attached hydrogen (secondary N) is 1. The van der Waals surface area contributed by atoms with Crippen LogP contribution in [0.3, 0.4) is 0 Å². The molecule has 15 heavy (non-hydrogen) atoms. The van der Waals surface area contributed by atoms with Gasteiger partial charge in [0.05, 0.1) is 11.6 Å². The van der Waals surface area contributed by atoms with Gasteiger partial charge in [0.15, 0.2) is 17.3 Å². The molecule has 0 heterocycles. The molecule has 0 aliphatic carbocycles. The molecule has 0 saturated heterocycles. The van der Waals surface area contributed by atoms with Crippen molar-refractivity contribution in [1.82, 2.24) is 5.32 Å². The number of carbonyl (C=O) groups excluding carboxylic acids is 1. The molecule has 0 aromatic heterocycles. The summed E-state index contributed by atoms with van der Waals surface area (Å²) in [5, 5.41) is 21.2. The Labute approximate surface area is 92.5 Å². The fourth-order valence-electron chi connectivity index (χ4n) is 1.34. The van der Waals surface area contributed by atoms with Crippen LogP contribution in [-0.4, -0.2) is 29.6 Å². The highest BCUT2D eigenvalue weighted by molar-refractivity contribution is 6.36. The Morgan fingerprint density at radius 2 is 2.13 bits per heavy atom. The Morgan fingerprint density at radius 3 is 2.67 bits per heavy atom. The van der Waals surface area contributed by atoms with E-state index in [9.17, 15) is 15.0 Å². The van der Waals surface area contributed by atoms with Crippen molar-refractivity contribution in [3.05, 3.63) is 22.2 Å². The van der Waals surface area contributed by atoms with Crippen LogP contribution in [0.1, 0.15) is 15.9 Å². The van der Waals surface area contributed by atoms with Crippen LogP contribution in [0.15, 0.2) is 6.07 Å². The molecule has 0 fully saturated rings. The second kappa shape index (κ2) is 4.51. The topological polar surface area (TPSA) is 69.6 Å². The molecule has 0 bridgehead atoms. The Bertz CT molecular complexity index is 404. The normalized spacial score (nSPS) is 10.3. The maximum Gasteiger partial charge on any atom is 0.178 e. The summed E-state index contributed by atoms with van der Waals surface area (Å²) in [6, 6.07) is 1.31. The number of phenolic OH excluding ortho intramolecular Hbond substituents is 2. The van der Waals surface area contributed by atoms with Crippen LogP contribution in [-0.2, 0) is 0 Å². The zero-order valence-corrected chi connectivity index (χ0v) is 9.22. The van der Waals surface area contributed by atoms with Gasteiger partial charge in [-0.25, -0.2) is 0 Å². The maximum atomic E-state index is 11.6. The van der Waals surface area contributed by atoms with E-state index in [1.54, 1.807) is 14.0 Å². The van der Waals surface area contributed by atoms with Crippen LogP contribution in [0.5, 0.6) is 11.5 Å². The number of ketones is 1. The number of rotatable bonds is 3. The second-order valence-electron chi connectivity index (χ2n) is 3.20. The number of hydrogen-bond donors (Lipinski definition) is 3.